The molecule has 0 bridgehead atoms. The number of carbonyl (C=O) groups excluding carboxylic acids is 1. The number of nitrogens with zero attached hydrogens (tertiary/aromatic N) is 2. The Morgan fingerprint density at radius 1 is 1.23 bits per heavy atom. The van der Waals surface area contributed by atoms with Crippen LogP contribution in [0.25, 0.3) is 0 Å². The van der Waals surface area contributed by atoms with E-state index in [-0.39, 0.29) is 20.9 Å². The molecule has 140 valence electrons. The van der Waals surface area contributed by atoms with Crippen LogP contribution in [0.3, 0.4) is 0 Å². The van der Waals surface area contributed by atoms with Gasteiger partial charge in [0.15, 0.2) is 0 Å². The molecule has 1 aliphatic carbocycles. The third-order valence-corrected chi connectivity index (χ3v) is 7.43. The van der Waals surface area contributed by atoms with Crippen LogP contribution in [0.15, 0.2) is 28.6 Å². The van der Waals surface area contributed by atoms with Gasteiger partial charge in [0.05, 0.1) is 5.75 Å². The van der Waals surface area contributed by atoms with Gasteiger partial charge < -0.3 is 5.32 Å². The van der Waals surface area contributed by atoms with Crippen molar-refractivity contribution in [3.8, 4) is 0 Å². The summed E-state index contributed by atoms with van der Waals surface area (Å²) in [5, 5.41) is 10.1. The van der Waals surface area contributed by atoms with Crippen molar-refractivity contribution in [2.45, 2.75) is 48.6 Å². The lowest BCUT2D eigenvalue weighted by Gasteiger charge is -2.07. The summed E-state index contributed by atoms with van der Waals surface area (Å²) < 4.78 is 38.2. The highest BCUT2D eigenvalue weighted by molar-refractivity contribution is 7.92. The summed E-state index contributed by atoms with van der Waals surface area (Å²) in [4.78, 5) is 12.0. The molecule has 26 heavy (non-hydrogen) atoms. The Morgan fingerprint density at radius 2 is 1.96 bits per heavy atom. The van der Waals surface area contributed by atoms with Gasteiger partial charge in [0.1, 0.15) is 5.82 Å². The second-order valence-corrected chi connectivity index (χ2v) is 9.60. The van der Waals surface area contributed by atoms with Crippen molar-refractivity contribution in [3.05, 3.63) is 35.6 Å². The predicted octanol–water partition coefficient (Wildman–Crippen LogP) is 3.56. The first-order chi connectivity index (χ1) is 12.4. The van der Waals surface area contributed by atoms with E-state index in [4.69, 9.17) is 0 Å². The molecule has 1 amide bonds. The fourth-order valence-electron chi connectivity index (χ4n) is 3.08. The lowest BCUT2D eigenvalue weighted by atomic mass is 10.0. The van der Waals surface area contributed by atoms with Crippen molar-refractivity contribution in [2.24, 2.45) is 5.92 Å². The lowest BCUT2D eigenvalue weighted by molar-refractivity contribution is -0.116. The maximum Gasteiger partial charge on any atom is 0.234 e. The molecule has 0 radical (unpaired) electrons. The number of anilines is 1. The number of hydrogen-bond acceptors (Lipinski definition) is 6. The van der Waals surface area contributed by atoms with Gasteiger partial charge in [-0.25, -0.2) is 12.8 Å². The van der Waals surface area contributed by atoms with Crippen molar-refractivity contribution in [3.63, 3.8) is 0 Å². The van der Waals surface area contributed by atoms with Gasteiger partial charge in [-0.3, -0.25) is 4.79 Å². The Labute approximate surface area is 155 Å². The van der Waals surface area contributed by atoms with Crippen LogP contribution >= 0.6 is 11.3 Å². The van der Waals surface area contributed by atoms with Crippen LogP contribution < -0.4 is 5.32 Å². The van der Waals surface area contributed by atoms with Gasteiger partial charge in [0, 0.05) is 12.0 Å². The highest BCUT2D eigenvalue weighted by Crippen LogP contribution is 2.29. The maximum atomic E-state index is 13.7. The average Bonchev–Trinajstić information content (AvgIpc) is 3.27. The molecule has 1 saturated carbocycles. The summed E-state index contributed by atoms with van der Waals surface area (Å²) in [6.45, 7) is 0. The molecule has 0 atom stereocenters. The first kappa shape index (κ1) is 18.9. The van der Waals surface area contributed by atoms with Crippen molar-refractivity contribution < 1.29 is 17.6 Å². The SMILES string of the molecule is O=C(CCC1CCCC1)Nc1nnc(S(=O)(=O)Cc2ccccc2F)s1. The molecule has 1 aromatic heterocycles. The summed E-state index contributed by atoms with van der Waals surface area (Å²) in [7, 11) is -3.82. The highest BCUT2D eigenvalue weighted by atomic mass is 32.2. The Bertz CT molecular complexity index is 877. The summed E-state index contributed by atoms with van der Waals surface area (Å²) in [6, 6.07) is 5.69. The van der Waals surface area contributed by atoms with E-state index in [1.807, 2.05) is 0 Å². The van der Waals surface area contributed by atoms with Gasteiger partial charge in [-0.05, 0) is 18.4 Å². The summed E-state index contributed by atoms with van der Waals surface area (Å²) >= 11 is 0.787. The van der Waals surface area contributed by atoms with Crippen molar-refractivity contribution in [2.75, 3.05) is 5.32 Å². The van der Waals surface area contributed by atoms with Gasteiger partial charge in [-0.2, -0.15) is 0 Å². The second kappa shape index (κ2) is 8.22. The molecule has 1 N–H and O–H groups in total. The van der Waals surface area contributed by atoms with Crippen LogP contribution in [-0.4, -0.2) is 24.5 Å². The standard InChI is InChI=1S/C17H20FN3O3S2/c18-14-8-4-3-7-13(14)11-26(23,24)17-21-20-16(25-17)19-15(22)10-9-12-5-1-2-6-12/h3-4,7-8,12H,1-2,5-6,9-11H2,(H,19,20,22). The molecule has 1 aliphatic rings. The summed E-state index contributed by atoms with van der Waals surface area (Å²) in [6.07, 6.45) is 6.03. The molecule has 0 unspecified atom stereocenters. The minimum atomic E-state index is -3.82. The minimum Gasteiger partial charge on any atom is -0.301 e. The van der Waals surface area contributed by atoms with E-state index in [0.717, 1.165) is 17.8 Å². The van der Waals surface area contributed by atoms with Crippen molar-refractivity contribution >= 4 is 32.2 Å². The molecule has 0 spiro atoms. The first-order valence-corrected chi connectivity index (χ1v) is 11.0. The van der Waals surface area contributed by atoms with Crippen LogP contribution in [0, 0.1) is 11.7 Å². The third-order valence-electron chi connectivity index (χ3n) is 4.48. The normalized spacial score (nSPS) is 15.3. The predicted molar refractivity (Wildman–Crippen MR) is 97.0 cm³/mol. The van der Waals surface area contributed by atoms with Crippen molar-refractivity contribution in [1.82, 2.24) is 10.2 Å². The number of benzene rings is 1. The number of halogens is 1. The monoisotopic (exact) mass is 397 g/mol. The average molecular weight is 397 g/mol. The number of sulfone groups is 1. The van der Waals surface area contributed by atoms with Gasteiger partial charge in [-0.1, -0.05) is 55.2 Å². The zero-order valence-corrected chi connectivity index (χ0v) is 15.8. The molecule has 1 heterocycles. The molecule has 3 rings (SSSR count). The van der Waals surface area contributed by atoms with Crippen LogP contribution in [0.5, 0.6) is 0 Å². The second-order valence-electron chi connectivity index (χ2n) is 6.46. The number of rotatable bonds is 7. The Hall–Kier alpha value is -1.87. The molecular weight excluding hydrogens is 377 g/mol. The quantitative estimate of drug-likeness (QED) is 0.722. The van der Waals surface area contributed by atoms with Gasteiger partial charge in [-0.15, -0.1) is 10.2 Å². The summed E-state index contributed by atoms with van der Waals surface area (Å²) in [5.41, 5.74) is 0.0739. The first-order valence-electron chi connectivity index (χ1n) is 8.53. The van der Waals surface area contributed by atoms with Gasteiger partial charge in [0.2, 0.25) is 25.2 Å². The molecule has 1 aromatic carbocycles. The van der Waals surface area contributed by atoms with E-state index in [1.54, 1.807) is 6.07 Å². The van der Waals surface area contributed by atoms with E-state index in [2.05, 4.69) is 15.5 Å². The van der Waals surface area contributed by atoms with Crippen LogP contribution in [0.4, 0.5) is 9.52 Å². The zero-order valence-electron chi connectivity index (χ0n) is 14.2. The van der Waals surface area contributed by atoms with E-state index in [9.17, 15) is 17.6 Å². The molecule has 6 nitrogen and oxygen atoms in total. The smallest absolute Gasteiger partial charge is 0.234 e. The number of carbonyl (C=O) groups is 1. The number of amides is 1. The molecule has 2 aromatic rings. The highest BCUT2D eigenvalue weighted by Gasteiger charge is 2.23. The number of nitrogens with one attached hydrogen (secondary N) is 1. The van der Waals surface area contributed by atoms with Gasteiger partial charge >= 0.3 is 0 Å². The van der Waals surface area contributed by atoms with Crippen LogP contribution in [0.2, 0.25) is 0 Å². The maximum absolute atomic E-state index is 13.7. The van der Waals surface area contributed by atoms with Gasteiger partial charge in [0.25, 0.3) is 0 Å². The molecule has 9 heteroatoms. The van der Waals surface area contributed by atoms with E-state index in [0.29, 0.717) is 12.3 Å². The van der Waals surface area contributed by atoms with E-state index in [1.165, 1.54) is 43.9 Å². The lowest BCUT2D eigenvalue weighted by Crippen LogP contribution is -2.12. The molecule has 0 saturated heterocycles. The third kappa shape index (κ3) is 4.85. The Kier molecular flexibility index (Phi) is 5.98. The largest absolute Gasteiger partial charge is 0.301 e. The number of aromatic nitrogens is 2. The van der Waals surface area contributed by atoms with Crippen molar-refractivity contribution in [1.29, 1.82) is 0 Å². The van der Waals surface area contributed by atoms with Crippen LogP contribution in [0.1, 0.15) is 44.1 Å². The zero-order chi connectivity index (χ0) is 18.6. The fourth-order valence-corrected chi connectivity index (χ4v) is 5.43. The molecular formula is C17H20FN3O3S2. The molecule has 1 fully saturated rings. The Balaban J connectivity index is 1.59. The Morgan fingerprint density at radius 3 is 2.69 bits per heavy atom. The number of hydrogen-bond donors (Lipinski definition) is 1. The fraction of sp³-hybridized carbons (Fsp3) is 0.471. The summed E-state index contributed by atoms with van der Waals surface area (Å²) in [5.74, 6) is -0.664. The van der Waals surface area contributed by atoms with E-state index < -0.39 is 21.4 Å². The van der Waals surface area contributed by atoms with Crippen LogP contribution in [-0.2, 0) is 20.4 Å². The van der Waals surface area contributed by atoms with E-state index >= 15 is 0 Å². The topological polar surface area (TPSA) is 89.0 Å². The minimum absolute atomic E-state index is 0.0739. The molecule has 0 aliphatic heterocycles.